The fraction of sp³-hybridized carbons (Fsp3) is 0.348. The summed E-state index contributed by atoms with van der Waals surface area (Å²) in [6.45, 7) is 3.74. The monoisotopic (exact) mass is 456 g/mol. The van der Waals surface area contributed by atoms with E-state index >= 15 is 0 Å². The van der Waals surface area contributed by atoms with Crippen LogP contribution in [0.2, 0.25) is 0 Å². The number of hydrazine groups is 1. The first-order valence-corrected chi connectivity index (χ1v) is 11.9. The lowest BCUT2D eigenvalue weighted by Crippen LogP contribution is -2.60. The molecule has 0 saturated carbocycles. The molecule has 2 saturated heterocycles. The zero-order valence-electron chi connectivity index (χ0n) is 17.9. The molecule has 0 radical (unpaired) electrons. The van der Waals surface area contributed by atoms with Crippen LogP contribution in [0.4, 0.5) is 0 Å². The molecule has 1 spiro atoms. The molecule has 2 N–H and O–H groups in total. The highest BCUT2D eigenvalue weighted by Crippen LogP contribution is 2.56. The molecule has 2 heterocycles. The average Bonchev–Trinajstić information content (AvgIpc) is 3.05. The summed E-state index contributed by atoms with van der Waals surface area (Å²) < 4.78 is 31.8. The molecule has 32 heavy (non-hydrogen) atoms. The maximum atomic E-state index is 13.5. The van der Waals surface area contributed by atoms with Gasteiger partial charge in [0.25, 0.3) is 11.8 Å². The average molecular weight is 457 g/mol. The van der Waals surface area contributed by atoms with E-state index in [4.69, 9.17) is 4.74 Å². The lowest BCUT2D eigenvalue weighted by Gasteiger charge is -2.46. The number of amides is 2. The minimum Gasteiger partial charge on any atom is -0.468 e. The van der Waals surface area contributed by atoms with Crippen LogP contribution in [0.25, 0.3) is 0 Å². The minimum absolute atomic E-state index is 0.401. The van der Waals surface area contributed by atoms with Gasteiger partial charge in [0.15, 0.2) is 15.1 Å². The van der Waals surface area contributed by atoms with Gasteiger partial charge in [-0.3, -0.25) is 25.2 Å². The van der Waals surface area contributed by atoms with Crippen molar-refractivity contribution in [2.45, 2.75) is 30.9 Å². The van der Waals surface area contributed by atoms with E-state index in [9.17, 15) is 22.8 Å². The number of esters is 1. The molecular formula is C23H24N2O6S. The summed E-state index contributed by atoms with van der Waals surface area (Å²) in [6, 6.07) is 13.9. The van der Waals surface area contributed by atoms with Gasteiger partial charge >= 0.3 is 5.97 Å². The summed E-state index contributed by atoms with van der Waals surface area (Å²) in [4.78, 5) is 39.6. The van der Waals surface area contributed by atoms with Crippen LogP contribution in [0.15, 0.2) is 48.5 Å². The number of aryl methyl sites for hydroxylation is 2. The van der Waals surface area contributed by atoms with E-state index in [1.165, 1.54) is 0 Å². The zero-order chi connectivity index (χ0) is 23.3. The Morgan fingerprint density at radius 2 is 1.38 bits per heavy atom. The quantitative estimate of drug-likeness (QED) is 0.531. The molecule has 9 heteroatoms. The van der Waals surface area contributed by atoms with Gasteiger partial charge in [-0.2, -0.15) is 0 Å². The molecule has 0 aromatic heterocycles. The lowest BCUT2D eigenvalue weighted by atomic mass is 9.60. The van der Waals surface area contributed by atoms with Crippen molar-refractivity contribution in [3.05, 3.63) is 70.8 Å². The molecule has 8 nitrogen and oxygen atoms in total. The third-order valence-electron chi connectivity index (χ3n) is 6.52. The van der Waals surface area contributed by atoms with Gasteiger partial charge in [-0.1, -0.05) is 59.7 Å². The number of benzene rings is 2. The Kier molecular flexibility index (Phi) is 5.32. The van der Waals surface area contributed by atoms with Crippen molar-refractivity contribution < 1.29 is 27.5 Å². The smallest absolute Gasteiger partial charge is 0.324 e. The Morgan fingerprint density at radius 1 is 0.906 bits per heavy atom. The first kappa shape index (κ1) is 22.0. The van der Waals surface area contributed by atoms with Crippen molar-refractivity contribution in [1.82, 2.24) is 10.9 Å². The number of hydrogen-bond acceptors (Lipinski definition) is 6. The SMILES string of the molecule is COC(=O)[C@H]1[C@H](c2ccc(C)cc2)C2(C(=O)NNC2=O)[C@H](c2ccc(C)cc2)CS1(=O)=O. The maximum absolute atomic E-state index is 13.5. The van der Waals surface area contributed by atoms with Crippen LogP contribution in [-0.2, 0) is 29.0 Å². The first-order valence-electron chi connectivity index (χ1n) is 10.2. The highest BCUT2D eigenvalue weighted by molar-refractivity contribution is 7.92. The Morgan fingerprint density at radius 3 is 1.84 bits per heavy atom. The fourth-order valence-corrected chi connectivity index (χ4v) is 7.22. The standard InChI is InChI=1S/C23H24N2O6S/c1-13-4-8-15(9-5-13)17-12-32(29,30)19(20(26)31-3)18(16-10-6-14(2)7-11-16)23(17)21(27)24-25-22(23)28/h4-11,17-19H,12H2,1-3H3,(H,24,27)(H,25,28)/t17-,18-,19+/m0/s1. The third-order valence-corrected chi connectivity index (χ3v) is 8.56. The van der Waals surface area contributed by atoms with E-state index in [0.29, 0.717) is 11.1 Å². The number of sulfone groups is 1. The number of hydrogen-bond donors (Lipinski definition) is 2. The molecule has 2 fully saturated rings. The van der Waals surface area contributed by atoms with E-state index in [1.807, 2.05) is 13.8 Å². The van der Waals surface area contributed by atoms with Gasteiger partial charge in [0.1, 0.15) is 5.41 Å². The lowest BCUT2D eigenvalue weighted by molar-refractivity contribution is -0.145. The molecule has 3 atom stereocenters. The number of carbonyl (C=O) groups is 3. The van der Waals surface area contributed by atoms with Crippen molar-refractivity contribution in [1.29, 1.82) is 0 Å². The molecule has 0 bridgehead atoms. The summed E-state index contributed by atoms with van der Waals surface area (Å²) in [5, 5.41) is -1.70. The second kappa shape index (κ2) is 7.74. The molecule has 2 aromatic carbocycles. The Bertz CT molecular complexity index is 1170. The van der Waals surface area contributed by atoms with E-state index in [0.717, 1.165) is 18.2 Å². The molecule has 2 aromatic rings. The van der Waals surface area contributed by atoms with Crippen LogP contribution in [0.5, 0.6) is 0 Å². The van der Waals surface area contributed by atoms with Crippen molar-refractivity contribution in [2.75, 3.05) is 12.9 Å². The minimum atomic E-state index is -4.09. The maximum Gasteiger partial charge on any atom is 0.324 e. The van der Waals surface area contributed by atoms with Crippen LogP contribution >= 0.6 is 0 Å². The highest BCUT2D eigenvalue weighted by atomic mass is 32.2. The summed E-state index contributed by atoms with van der Waals surface area (Å²) >= 11 is 0. The first-order chi connectivity index (χ1) is 15.1. The van der Waals surface area contributed by atoms with Gasteiger partial charge in [0, 0.05) is 11.8 Å². The number of methoxy groups -OCH3 is 1. The van der Waals surface area contributed by atoms with Crippen LogP contribution in [0.1, 0.15) is 34.1 Å². The molecule has 0 unspecified atom stereocenters. The summed E-state index contributed by atoms with van der Waals surface area (Å²) in [5.41, 5.74) is 5.68. The highest BCUT2D eigenvalue weighted by Gasteiger charge is 2.70. The molecule has 2 aliphatic rings. The number of nitrogens with one attached hydrogen (secondary N) is 2. The Hall–Kier alpha value is -3.20. The summed E-state index contributed by atoms with van der Waals surface area (Å²) in [7, 11) is -3.00. The van der Waals surface area contributed by atoms with Gasteiger partial charge < -0.3 is 4.74 Å². The van der Waals surface area contributed by atoms with Crippen molar-refractivity contribution in [3.63, 3.8) is 0 Å². The van der Waals surface area contributed by atoms with Gasteiger partial charge in [-0.15, -0.1) is 0 Å². The van der Waals surface area contributed by atoms with Crippen LogP contribution < -0.4 is 10.9 Å². The van der Waals surface area contributed by atoms with E-state index in [2.05, 4.69) is 10.9 Å². The number of rotatable bonds is 3. The molecular weight excluding hydrogens is 432 g/mol. The van der Waals surface area contributed by atoms with Gasteiger partial charge in [-0.25, -0.2) is 8.42 Å². The van der Waals surface area contributed by atoms with Gasteiger partial charge in [-0.05, 0) is 25.0 Å². The molecule has 0 aliphatic carbocycles. The largest absolute Gasteiger partial charge is 0.468 e. The normalized spacial score (nSPS) is 25.8. The Balaban J connectivity index is 2.05. The zero-order valence-corrected chi connectivity index (χ0v) is 18.7. The number of carbonyl (C=O) groups excluding carboxylic acids is 3. The second-order valence-electron chi connectivity index (χ2n) is 8.40. The van der Waals surface area contributed by atoms with Crippen molar-refractivity contribution in [3.8, 4) is 0 Å². The summed E-state index contributed by atoms with van der Waals surface area (Å²) in [6.07, 6.45) is 0. The predicted octanol–water partition coefficient (Wildman–Crippen LogP) is 1.29. The molecule has 2 aliphatic heterocycles. The van der Waals surface area contributed by atoms with Gasteiger partial charge in [0.05, 0.1) is 12.9 Å². The Labute approximate surface area is 186 Å². The second-order valence-corrected chi connectivity index (χ2v) is 10.6. The van der Waals surface area contributed by atoms with Crippen molar-refractivity contribution in [2.24, 2.45) is 5.41 Å². The van der Waals surface area contributed by atoms with E-state index in [1.54, 1.807) is 48.5 Å². The van der Waals surface area contributed by atoms with Crippen LogP contribution in [0, 0.1) is 19.3 Å². The van der Waals surface area contributed by atoms with Crippen LogP contribution in [-0.4, -0.2) is 44.3 Å². The van der Waals surface area contributed by atoms with Gasteiger partial charge in [0.2, 0.25) is 0 Å². The fourth-order valence-electron chi connectivity index (χ4n) is 4.92. The summed E-state index contributed by atoms with van der Waals surface area (Å²) in [5.74, 6) is -5.14. The molecule has 168 valence electrons. The van der Waals surface area contributed by atoms with Crippen LogP contribution in [0.3, 0.4) is 0 Å². The number of ether oxygens (including phenoxy) is 1. The predicted molar refractivity (Wildman–Crippen MR) is 116 cm³/mol. The molecule has 2 amide bonds. The van der Waals surface area contributed by atoms with E-state index < -0.39 is 55.9 Å². The third kappa shape index (κ3) is 3.19. The van der Waals surface area contributed by atoms with Crippen molar-refractivity contribution >= 4 is 27.6 Å². The topological polar surface area (TPSA) is 119 Å². The van der Waals surface area contributed by atoms with E-state index in [-0.39, 0.29) is 0 Å². The molecule has 4 rings (SSSR count).